The summed E-state index contributed by atoms with van der Waals surface area (Å²) in [6, 6.07) is 2.33. The molecule has 0 radical (unpaired) electrons. The van der Waals surface area contributed by atoms with Gasteiger partial charge >= 0.3 is 0 Å². The zero-order valence-electron chi connectivity index (χ0n) is 13.7. The van der Waals surface area contributed by atoms with Crippen LogP contribution in [0.1, 0.15) is 54.7 Å². The van der Waals surface area contributed by atoms with Crippen molar-refractivity contribution in [1.82, 2.24) is 20.3 Å². The van der Waals surface area contributed by atoms with Gasteiger partial charge in [-0.3, -0.25) is 0 Å². The lowest BCUT2D eigenvalue weighted by molar-refractivity contribution is 0.356. The standard InChI is InChI=1S/C16H20N6O/c1-4-12-13(8-17)15(20-19-14(12)5-2)22-7-6-11(9-22)16-18-10(3)21-23-16/h11H,4-7,9H2,1-3H3/t11-/m0/s1. The molecule has 2 aromatic heterocycles. The molecule has 3 heterocycles. The fourth-order valence-corrected chi connectivity index (χ4v) is 3.13. The molecule has 0 aromatic carbocycles. The highest BCUT2D eigenvalue weighted by atomic mass is 16.5. The van der Waals surface area contributed by atoms with Gasteiger partial charge in [-0.15, -0.1) is 5.10 Å². The summed E-state index contributed by atoms with van der Waals surface area (Å²) >= 11 is 0. The van der Waals surface area contributed by atoms with Crippen LogP contribution in [0.3, 0.4) is 0 Å². The molecule has 1 aliphatic heterocycles. The zero-order valence-corrected chi connectivity index (χ0v) is 13.7. The zero-order chi connectivity index (χ0) is 16.4. The van der Waals surface area contributed by atoms with Crippen molar-refractivity contribution in [3.63, 3.8) is 0 Å². The summed E-state index contributed by atoms with van der Waals surface area (Å²) < 4.78 is 5.28. The molecule has 1 atom stereocenters. The molecule has 1 aliphatic rings. The van der Waals surface area contributed by atoms with Crippen LogP contribution in [0, 0.1) is 18.3 Å². The molecule has 3 rings (SSSR count). The summed E-state index contributed by atoms with van der Waals surface area (Å²) in [7, 11) is 0. The maximum absolute atomic E-state index is 9.61. The molecule has 0 spiro atoms. The first-order valence-corrected chi connectivity index (χ1v) is 8.01. The smallest absolute Gasteiger partial charge is 0.231 e. The Labute approximate surface area is 135 Å². The van der Waals surface area contributed by atoms with Gasteiger partial charge in [-0.25, -0.2) is 0 Å². The van der Waals surface area contributed by atoms with E-state index in [2.05, 4.69) is 38.2 Å². The van der Waals surface area contributed by atoms with E-state index in [0.717, 1.165) is 43.6 Å². The molecule has 0 unspecified atom stereocenters. The van der Waals surface area contributed by atoms with E-state index in [1.54, 1.807) is 0 Å². The monoisotopic (exact) mass is 312 g/mol. The molecular formula is C16H20N6O. The molecular weight excluding hydrogens is 292 g/mol. The Bertz CT molecular complexity index is 748. The summed E-state index contributed by atoms with van der Waals surface area (Å²) in [5, 5.41) is 22.1. The van der Waals surface area contributed by atoms with E-state index < -0.39 is 0 Å². The van der Waals surface area contributed by atoms with Crippen molar-refractivity contribution in [3.8, 4) is 6.07 Å². The molecule has 0 bridgehead atoms. The Hall–Kier alpha value is -2.49. The van der Waals surface area contributed by atoms with Crippen molar-refractivity contribution in [2.75, 3.05) is 18.0 Å². The second kappa shape index (κ2) is 6.32. The van der Waals surface area contributed by atoms with Crippen LogP contribution < -0.4 is 4.90 Å². The highest BCUT2D eigenvalue weighted by Gasteiger charge is 2.31. The van der Waals surface area contributed by atoms with Crippen molar-refractivity contribution in [3.05, 3.63) is 28.5 Å². The maximum atomic E-state index is 9.61. The number of nitrogens with zero attached hydrogens (tertiary/aromatic N) is 6. The summed E-state index contributed by atoms with van der Waals surface area (Å²) in [4.78, 5) is 6.42. The minimum Gasteiger partial charge on any atom is -0.353 e. The normalized spacial score (nSPS) is 17.5. The van der Waals surface area contributed by atoms with E-state index >= 15 is 0 Å². The molecule has 120 valence electrons. The van der Waals surface area contributed by atoms with Gasteiger partial charge < -0.3 is 9.42 Å². The van der Waals surface area contributed by atoms with Crippen LogP contribution in [0.2, 0.25) is 0 Å². The third-order valence-electron chi connectivity index (χ3n) is 4.32. The van der Waals surface area contributed by atoms with Crippen LogP contribution in [0.4, 0.5) is 5.82 Å². The van der Waals surface area contributed by atoms with E-state index in [4.69, 9.17) is 4.52 Å². The average Bonchev–Trinajstić information content (AvgIpc) is 3.21. The molecule has 0 N–H and O–H groups in total. The van der Waals surface area contributed by atoms with Crippen molar-refractivity contribution in [2.45, 2.75) is 46.0 Å². The Balaban J connectivity index is 1.90. The third kappa shape index (κ3) is 2.77. The van der Waals surface area contributed by atoms with E-state index in [9.17, 15) is 5.26 Å². The van der Waals surface area contributed by atoms with E-state index in [0.29, 0.717) is 23.1 Å². The third-order valence-corrected chi connectivity index (χ3v) is 4.32. The fourth-order valence-electron chi connectivity index (χ4n) is 3.13. The largest absolute Gasteiger partial charge is 0.353 e. The molecule has 23 heavy (non-hydrogen) atoms. The van der Waals surface area contributed by atoms with Gasteiger partial charge in [0.15, 0.2) is 11.6 Å². The van der Waals surface area contributed by atoms with Crippen molar-refractivity contribution >= 4 is 5.82 Å². The lowest BCUT2D eigenvalue weighted by Crippen LogP contribution is -2.23. The van der Waals surface area contributed by atoms with Crippen molar-refractivity contribution in [1.29, 1.82) is 5.26 Å². The predicted octanol–water partition coefficient (Wildman–Crippen LogP) is 2.16. The SMILES string of the molecule is CCc1nnc(N2CC[C@H](c3nc(C)no3)C2)c(C#N)c1CC. The molecule has 0 aliphatic carbocycles. The summed E-state index contributed by atoms with van der Waals surface area (Å²) in [6.45, 7) is 7.43. The second-order valence-corrected chi connectivity index (χ2v) is 5.75. The number of aryl methyl sites for hydroxylation is 2. The second-order valence-electron chi connectivity index (χ2n) is 5.75. The van der Waals surface area contributed by atoms with Crippen LogP contribution >= 0.6 is 0 Å². The average molecular weight is 312 g/mol. The lowest BCUT2D eigenvalue weighted by Gasteiger charge is -2.19. The van der Waals surface area contributed by atoms with Gasteiger partial charge in [-0.1, -0.05) is 19.0 Å². The summed E-state index contributed by atoms with van der Waals surface area (Å²) in [6.07, 6.45) is 2.48. The molecule has 0 amide bonds. The van der Waals surface area contributed by atoms with Gasteiger partial charge in [0, 0.05) is 13.1 Å². The predicted molar refractivity (Wildman–Crippen MR) is 84.1 cm³/mol. The minimum atomic E-state index is 0.181. The maximum Gasteiger partial charge on any atom is 0.231 e. The number of hydrogen-bond acceptors (Lipinski definition) is 7. The fraction of sp³-hybridized carbons (Fsp3) is 0.562. The van der Waals surface area contributed by atoms with Gasteiger partial charge in [0.05, 0.1) is 11.6 Å². The summed E-state index contributed by atoms with van der Waals surface area (Å²) in [5.74, 6) is 2.18. The highest BCUT2D eigenvalue weighted by molar-refractivity contribution is 5.58. The van der Waals surface area contributed by atoms with Gasteiger partial charge in [-0.2, -0.15) is 15.3 Å². The van der Waals surface area contributed by atoms with Crippen LogP contribution in [-0.2, 0) is 12.8 Å². The van der Waals surface area contributed by atoms with E-state index in [-0.39, 0.29) is 5.92 Å². The van der Waals surface area contributed by atoms with Gasteiger partial charge in [0.1, 0.15) is 11.6 Å². The van der Waals surface area contributed by atoms with Gasteiger partial charge in [0.25, 0.3) is 0 Å². The number of nitriles is 1. The Kier molecular flexibility index (Phi) is 4.24. The minimum absolute atomic E-state index is 0.181. The first-order valence-electron chi connectivity index (χ1n) is 8.01. The lowest BCUT2D eigenvalue weighted by atomic mass is 10.0. The number of hydrogen-bond donors (Lipinski definition) is 0. The number of aromatic nitrogens is 4. The van der Waals surface area contributed by atoms with Crippen LogP contribution in [0.5, 0.6) is 0 Å². The topological polar surface area (TPSA) is 91.7 Å². The molecule has 2 aromatic rings. The van der Waals surface area contributed by atoms with Crippen LogP contribution in [0.15, 0.2) is 4.52 Å². The molecule has 7 heteroatoms. The van der Waals surface area contributed by atoms with Crippen LogP contribution in [-0.4, -0.2) is 33.4 Å². The van der Waals surface area contributed by atoms with Crippen molar-refractivity contribution in [2.24, 2.45) is 0 Å². The number of rotatable bonds is 4. The Morgan fingerprint density at radius 2 is 2.13 bits per heavy atom. The molecule has 1 saturated heterocycles. The first kappa shape index (κ1) is 15.4. The van der Waals surface area contributed by atoms with E-state index in [1.165, 1.54) is 0 Å². The Morgan fingerprint density at radius 1 is 1.30 bits per heavy atom. The Morgan fingerprint density at radius 3 is 2.74 bits per heavy atom. The molecule has 0 saturated carbocycles. The summed E-state index contributed by atoms with van der Waals surface area (Å²) in [5.41, 5.74) is 2.58. The quantitative estimate of drug-likeness (QED) is 0.854. The van der Waals surface area contributed by atoms with Crippen molar-refractivity contribution < 1.29 is 4.52 Å². The van der Waals surface area contributed by atoms with Gasteiger partial charge in [0.2, 0.25) is 5.89 Å². The first-order chi connectivity index (χ1) is 11.2. The number of anilines is 1. The molecule has 7 nitrogen and oxygen atoms in total. The van der Waals surface area contributed by atoms with Gasteiger partial charge in [-0.05, 0) is 31.7 Å². The van der Waals surface area contributed by atoms with Crippen LogP contribution in [0.25, 0.3) is 0 Å². The molecule has 1 fully saturated rings. The highest BCUT2D eigenvalue weighted by Crippen LogP contribution is 2.31. The van der Waals surface area contributed by atoms with E-state index in [1.807, 2.05) is 13.8 Å².